The van der Waals surface area contributed by atoms with Crippen LogP contribution in [-0.4, -0.2) is 18.6 Å². The Morgan fingerprint density at radius 2 is 2.10 bits per heavy atom. The van der Waals surface area contributed by atoms with Crippen molar-refractivity contribution in [1.29, 1.82) is 0 Å². The average molecular weight is 273 g/mol. The van der Waals surface area contributed by atoms with Crippen LogP contribution in [0.4, 0.5) is 10.1 Å². The SMILES string of the molecule is CCNCc1cc(F)ccc1N(C)Cc1ccccn1. The molecule has 0 saturated heterocycles. The van der Waals surface area contributed by atoms with Gasteiger partial charge in [-0.1, -0.05) is 13.0 Å². The van der Waals surface area contributed by atoms with Crippen molar-refractivity contribution in [1.82, 2.24) is 10.3 Å². The van der Waals surface area contributed by atoms with Crippen molar-refractivity contribution >= 4 is 5.69 Å². The Morgan fingerprint density at radius 1 is 1.25 bits per heavy atom. The number of rotatable bonds is 6. The molecule has 0 spiro atoms. The minimum absolute atomic E-state index is 0.201. The summed E-state index contributed by atoms with van der Waals surface area (Å²) >= 11 is 0. The van der Waals surface area contributed by atoms with E-state index in [9.17, 15) is 4.39 Å². The van der Waals surface area contributed by atoms with Crippen LogP contribution in [0.25, 0.3) is 0 Å². The summed E-state index contributed by atoms with van der Waals surface area (Å²) in [5.74, 6) is -0.201. The van der Waals surface area contributed by atoms with Crippen molar-refractivity contribution in [2.75, 3.05) is 18.5 Å². The normalized spacial score (nSPS) is 10.6. The minimum Gasteiger partial charge on any atom is -0.368 e. The van der Waals surface area contributed by atoms with Gasteiger partial charge in [0, 0.05) is 25.5 Å². The number of nitrogens with zero attached hydrogens (tertiary/aromatic N) is 2. The van der Waals surface area contributed by atoms with E-state index in [2.05, 4.69) is 15.2 Å². The van der Waals surface area contributed by atoms with Crippen LogP contribution < -0.4 is 10.2 Å². The molecule has 0 aliphatic heterocycles. The highest BCUT2D eigenvalue weighted by Gasteiger charge is 2.09. The van der Waals surface area contributed by atoms with E-state index in [1.807, 2.05) is 38.2 Å². The van der Waals surface area contributed by atoms with Crippen LogP contribution in [0.2, 0.25) is 0 Å². The van der Waals surface area contributed by atoms with E-state index in [1.165, 1.54) is 6.07 Å². The molecular weight excluding hydrogens is 253 g/mol. The Hall–Kier alpha value is -1.94. The average Bonchev–Trinajstić information content (AvgIpc) is 2.46. The quantitative estimate of drug-likeness (QED) is 0.877. The molecule has 1 aromatic heterocycles. The molecule has 0 radical (unpaired) electrons. The Labute approximate surface area is 119 Å². The number of pyridine rings is 1. The van der Waals surface area contributed by atoms with Gasteiger partial charge in [0.25, 0.3) is 0 Å². The van der Waals surface area contributed by atoms with Crippen molar-refractivity contribution in [3.63, 3.8) is 0 Å². The number of hydrogen-bond acceptors (Lipinski definition) is 3. The largest absolute Gasteiger partial charge is 0.368 e. The lowest BCUT2D eigenvalue weighted by atomic mass is 10.1. The van der Waals surface area contributed by atoms with Crippen molar-refractivity contribution in [2.45, 2.75) is 20.0 Å². The fourth-order valence-corrected chi connectivity index (χ4v) is 2.15. The third kappa shape index (κ3) is 3.78. The van der Waals surface area contributed by atoms with Crippen molar-refractivity contribution in [3.05, 3.63) is 59.7 Å². The zero-order chi connectivity index (χ0) is 14.4. The fourth-order valence-electron chi connectivity index (χ4n) is 2.15. The molecule has 106 valence electrons. The summed E-state index contributed by atoms with van der Waals surface area (Å²) in [6.45, 7) is 4.26. The van der Waals surface area contributed by atoms with Gasteiger partial charge in [-0.25, -0.2) is 4.39 Å². The van der Waals surface area contributed by atoms with Gasteiger partial charge >= 0.3 is 0 Å². The summed E-state index contributed by atoms with van der Waals surface area (Å²) in [5, 5.41) is 3.24. The molecular formula is C16H20FN3. The summed E-state index contributed by atoms with van der Waals surface area (Å²) in [6, 6.07) is 10.8. The molecule has 0 unspecified atom stereocenters. The van der Waals surface area contributed by atoms with E-state index in [4.69, 9.17) is 0 Å². The van der Waals surface area contributed by atoms with E-state index in [0.29, 0.717) is 13.1 Å². The molecule has 0 saturated carbocycles. The van der Waals surface area contributed by atoms with Crippen LogP contribution in [0.15, 0.2) is 42.6 Å². The number of nitrogens with one attached hydrogen (secondary N) is 1. The molecule has 0 bridgehead atoms. The highest BCUT2D eigenvalue weighted by molar-refractivity contribution is 5.53. The summed E-state index contributed by atoms with van der Waals surface area (Å²) in [6.07, 6.45) is 1.79. The molecule has 3 nitrogen and oxygen atoms in total. The fraction of sp³-hybridized carbons (Fsp3) is 0.312. The lowest BCUT2D eigenvalue weighted by Gasteiger charge is -2.22. The zero-order valence-corrected chi connectivity index (χ0v) is 11.9. The Morgan fingerprint density at radius 3 is 2.80 bits per heavy atom. The molecule has 4 heteroatoms. The molecule has 0 aliphatic rings. The molecule has 20 heavy (non-hydrogen) atoms. The minimum atomic E-state index is -0.201. The van der Waals surface area contributed by atoms with Gasteiger partial charge in [-0.05, 0) is 42.4 Å². The second-order valence-electron chi connectivity index (χ2n) is 4.73. The molecule has 0 fully saturated rings. The maximum absolute atomic E-state index is 13.4. The molecule has 2 rings (SSSR count). The lowest BCUT2D eigenvalue weighted by molar-refractivity contribution is 0.621. The maximum Gasteiger partial charge on any atom is 0.123 e. The number of aromatic nitrogens is 1. The van der Waals surface area contributed by atoms with Crippen molar-refractivity contribution in [3.8, 4) is 0 Å². The van der Waals surface area contributed by atoms with Gasteiger partial charge in [-0.15, -0.1) is 0 Å². The van der Waals surface area contributed by atoms with Gasteiger partial charge in [0.2, 0.25) is 0 Å². The molecule has 1 aromatic carbocycles. The van der Waals surface area contributed by atoms with Crippen molar-refractivity contribution < 1.29 is 4.39 Å². The molecule has 0 atom stereocenters. The van der Waals surface area contributed by atoms with Gasteiger partial charge in [0.05, 0.1) is 12.2 Å². The number of anilines is 1. The Kier molecular flexibility index (Phi) is 5.07. The van der Waals surface area contributed by atoms with E-state index in [0.717, 1.165) is 23.5 Å². The smallest absolute Gasteiger partial charge is 0.123 e. The highest BCUT2D eigenvalue weighted by atomic mass is 19.1. The first-order valence-electron chi connectivity index (χ1n) is 6.81. The first-order valence-corrected chi connectivity index (χ1v) is 6.81. The Bertz CT molecular complexity index is 543. The summed E-state index contributed by atoms with van der Waals surface area (Å²) < 4.78 is 13.4. The predicted molar refractivity (Wildman–Crippen MR) is 80.1 cm³/mol. The van der Waals surface area contributed by atoms with Crippen LogP contribution in [0.3, 0.4) is 0 Å². The number of benzene rings is 1. The predicted octanol–water partition coefficient (Wildman–Crippen LogP) is 2.97. The van der Waals surface area contributed by atoms with Crippen LogP contribution >= 0.6 is 0 Å². The molecule has 1 heterocycles. The summed E-state index contributed by atoms with van der Waals surface area (Å²) in [5.41, 5.74) is 2.98. The first-order chi connectivity index (χ1) is 9.70. The first kappa shape index (κ1) is 14.5. The standard InChI is InChI=1S/C16H20FN3/c1-3-18-11-13-10-14(17)7-8-16(13)20(2)12-15-6-4-5-9-19-15/h4-10,18H,3,11-12H2,1-2H3. The van der Waals surface area contributed by atoms with Gasteiger partial charge in [0.1, 0.15) is 5.82 Å². The number of hydrogen-bond donors (Lipinski definition) is 1. The second kappa shape index (κ2) is 7.01. The highest BCUT2D eigenvalue weighted by Crippen LogP contribution is 2.22. The van der Waals surface area contributed by atoms with Gasteiger partial charge in [-0.2, -0.15) is 0 Å². The van der Waals surface area contributed by atoms with Crippen LogP contribution in [0.1, 0.15) is 18.2 Å². The van der Waals surface area contributed by atoms with E-state index in [-0.39, 0.29) is 5.82 Å². The molecule has 0 amide bonds. The third-order valence-corrected chi connectivity index (χ3v) is 3.14. The molecule has 2 aromatic rings. The summed E-state index contributed by atoms with van der Waals surface area (Å²) in [7, 11) is 2.00. The zero-order valence-electron chi connectivity index (χ0n) is 11.9. The van der Waals surface area contributed by atoms with Crippen molar-refractivity contribution in [2.24, 2.45) is 0 Å². The second-order valence-corrected chi connectivity index (χ2v) is 4.73. The maximum atomic E-state index is 13.4. The van der Waals surface area contributed by atoms with E-state index < -0.39 is 0 Å². The van der Waals surface area contributed by atoms with Gasteiger partial charge in [0.15, 0.2) is 0 Å². The topological polar surface area (TPSA) is 28.2 Å². The summed E-state index contributed by atoms with van der Waals surface area (Å²) in [4.78, 5) is 6.41. The molecule has 1 N–H and O–H groups in total. The molecule has 0 aliphatic carbocycles. The van der Waals surface area contributed by atoms with Crippen LogP contribution in [0, 0.1) is 5.82 Å². The monoisotopic (exact) mass is 273 g/mol. The van der Waals surface area contributed by atoms with E-state index in [1.54, 1.807) is 12.3 Å². The number of halogens is 1. The third-order valence-electron chi connectivity index (χ3n) is 3.14. The Balaban J connectivity index is 2.18. The van der Waals surface area contributed by atoms with Gasteiger partial charge < -0.3 is 10.2 Å². The van der Waals surface area contributed by atoms with Crippen LogP contribution in [-0.2, 0) is 13.1 Å². The van der Waals surface area contributed by atoms with Crippen LogP contribution in [0.5, 0.6) is 0 Å². The van der Waals surface area contributed by atoms with E-state index >= 15 is 0 Å². The lowest BCUT2D eigenvalue weighted by Crippen LogP contribution is -2.21. The van der Waals surface area contributed by atoms with Gasteiger partial charge in [-0.3, -0.25) is 4.98 Å².